The van der Waals surface area contributed by atoms with Crippen LogP contribution >= 0.6 is 19.2 Å². The number of aliphatic carboxylic acids is 1. The first-order valence-electron chi connectivity index (χ1n) is 10.7. The third-order valence-corrected chi connectivity index (χ3v) is 6.80. The standard InChI is InChI=1S/C26H23O7PS/c1-16(2)20-5-3-4-6-21(20)26-25(32-18-10-7-17(8-11-18)9-14-24(27)28)22-13-12-19(15-23(22)35-26)33-34(29,30)31/h3-16H,1-2H3,(H,27,28)(H2,29,30,31). The molecule has 0 spiro atoms. The molecule has 7 nitrogen and oxygen atoms in total. The smallest absolute Gasteiger partial charge is 0.478 e. The van der Waals surface area contributed by atoms with E-state index >= 15 is 0 Å². The summed E-state index contributed by atoms with van der Waals surface area (Å²) in [5.41, 5.74) is 2.88. The van der Waals surface area contributed by atoms with Gasteiger partial charge in [-0.3, -0.25) is 9.79 Å². The van der Waals surface area contributed by atoms with E-state index in [1.807, 2.05) is 18.2 Å². The Morgan fingerprint density at radius 1 is 1.00 bits per heavy atom. The van der Waals surface area contributed by atoms with E-state index in [4.69, 9.17) is 14.4 Å². The van der Waals surface area contributed by atoms with Crippen molar-refractivity contribution in [2.24, 2.45) is 0 Å². The topological polar surface area (TPSA) is 113 Å². The van der Waals surface area contributed by atoms with E-state index < -0.39 is 13.8 Å². The van der Waals surface area contributed by atoms with E-state index in [2.05, 4.69) is 19.9 Å². The fourth-order valence-electron chi connectivity index (χ4n) is 3.67. The molecule has 180 valence electrons. The molecule has 0 fully saturated rings. The van der Waals surface area contributed by atoms with Crippen LogP contribution in [-0.4, -0.2) is 20.9 Å². The van der Waals surface area contributed by atoms with Crippen molar-refractivity contribution in [3.8, 4) is 27.7 Å². The van der Waals surface area contributed by atoms with E-state index in [0.717, 1.165) is 37.7 Å². The molecule has 0 unspecified atom stereocenters. The summed E-state index contributed by atoms with van der Waals surface area (Å²) in [5.74, 6) is 0.492. The minimum Gasteiger partial charge on any atom is -0.478 e. The van der Waals surface area contributed by atoms with Crippen molar-refractivity contribution >= 4 is 41.3 Å². The van der Waals surface area contributed by atoms with E-state index in [9.17, 15) is 19.1 Å². The van der Waals surface area contributed by atoms with Crippen molar-refractivity contribution < 1.29 is 33.5 Å². The second-order valence-electron chi connectivity index (χ2n) is 8.08. The van der Waals surface area contributed by atoms with E-state index in [1.165, 1.54) is 23.5 Å². The van der Waals surface area contributed by atoms with Crippen LogP contribution in [0.3, 0.4) is 0 Å². The molecule has 1 aromatic heterocycles. The Morgan fingerprint density at radius 3 is 2.34 bits per heavy atom. The first-order valence-corrected chi connectivity index (χ1v) is 13.1. The summed E-state index contributed by atoms with van der Waals surface area (Å²) in [7, 11) is -4.69. The Hall–Kier alpha value is -3.42. The highest BCUT2D eigenvalue weighted by atomic mass is 32.1. The van der Waals surface area contributed by atoms with Gasteiger partial charge < -0.3 is 14.4 Å². The van der Waals surface area contributed by atoms with Crippen LogP contribution in [0.2, 0.25) is 0 Å². The molecule has 3 N–H and O–H groups in total. The molecular weight excluding hydrogens is 487 g/mol. The van der Waals surface area contributed by atoms with Gasteiger partial charge >= 0.3 is 13.8 Å². The monoisotopic (exact) mass is 510 g/mol. The predicted octanol–water partition coefficient (Wildman–Crippen LogP) is 7.05. The summed E-state index contributed by atoms with van der Waals surface area (Å²) in [6.45, 7) is 4.23. The van der Waals surface area contributed by atoms with Crippen LogP contribution in [0.5, 0.6) is 17.2 Å². The van der Waals surface area contributed by atoms with Crippen molar-refractivity contribution in [3.63, 3.8) is 0 Å². The highest BCUT2D eigenvalue weighted by molar-refractivity contribution is 7.46. The molecule has 0 saturated heterocycles. The maximum Gasteiger partial charge on any atom is 0.524 e. The normalized spacial score (nSPS) is 11.9. The summed E-state index contributed by atoms with van der Waals surface area (Å²) in [6, 6.07) is 19.9. The molecule has 0 aliphatic carbocycles. The number of phosphoric acid groups is 1. The molecular formula is C26H23O7PS. The number of carboxylic acids is 1. The van der Waals surface area contributed by atoms with Crippen LogP contribution in [0.4, 0.5) is 0 Å². The molecule has 1 heterocycles. The second-order valence-corrected chi connectivity index (χ2v) is 10.3. The zero-order valence-electron chi connectivity index (χ0n) is 18.9. The number of rotatable bonds is 8. The molecule has 0 aliphatic rings. The van der Waals surface area contributed by atoms with Gasteiger partial charge in [0.25, 0.3) is 0 Å². The molecule has 0 radical (unpaired) electrons. The van der Waals surface area contributed by atoms with E-state index in [1.54, 1.807) is 36.4 Å². The minimum absolute atomic E-state index is 0.0666. The molecule has 3 aromatic carbocycles. The van der Waals surface area contributed by atoms with Crippen LogP contribution < -0.4 is 9.26 Å². The zero-order chi connectivity index (χ0) is 25.2. The highest BCUT2D eigenvalue weighted by Gasteiger charge is 2.22. The molecule has 9 heteroatoms. The third-order valence-electron chi connectivity index (χ3n) is 5.19. The molecule has 4 rings (SSSR count). The highest BCUT2D eigenvalue weighted by Crippen LogP contribution is 2.49. The number of thiophene rings is 1. The number of benzene rings is 3. The predicted molar refractivity (Wildman–Crippen MR) is 137 cm³/mol. The lowest BCUT2D eigenvalue weighted by atomic mass is 9.96. The Bertz CT molecular complexity index is 1450. The van der Waals surface area contributed by atoms with E-state index in [0.29, 0.717) is 11.5 Å². The van der Waals surface area contributed by atoms with Crippen LogP contribution in [0, 0.1) is 0 Å². The number of carboxylic acid groups (broad SMARTS) is 1. The first kappa shape index (κ1) is 24.7. The van der Waals surface area contributed by atoms with Gasteiger partial charge in [-0.25, -0.2) is 9.36 Å². The van der Waals surface area contributed by atoms with Gasteiger partial charge in [0.15, 0.2) is 5.75 Å². The average molecular weight is 511 g/mol. The molecule has 0 aliphatic heterocycles. The fourth-order valence-corrected chi connectivity index (χ4v) is 5.26. The van der Waals surface area contributed by atoms with Crippen LogP contribution in [0.25, 0.3) is 26.6 Å². The van der Waals surface area contributed by atoms with E-state index in [-0.39, 0.29) is 11.7 Å². The van der Waals surface area contributed by atoms with Gasteiger partial charge in [-0.15, -0.1) is 11.3 Å². The Labute approximate surface area is 206 Å². The number of hydrogen-bond donors (Lipinski definition) is 3. The number of hydrogen-bond acceptors (Lipinski definition) is 5. The summed E-state index contributed by atoms with van der Waals surface area (Å²) in [6.07, 6.45) is 2.57. The number of fused-ring (bicyclic) bond motifs is 1. The quantitative estimate of drug-likeness (QED) is 0.172. The molecule has 0 bridgehead atoms. The average Bonchev–Trinajstić information content (AvgIpc) is 3.14. The van der Waals surface area contributed by atoms with Crippen molar-refractivity contribution in [2.45, 2.75) is 19.8 Å². The van der Waals surface area contributed by atoms with Crippen molar-refractivity contribution in [2.75, 3.05) is 0 Å². The summed E-state index contributed by atoms with van der Waals surface area (Å²) in [4.78, 5) is 30.0. The van der Waals surface area contributed by atoms with Gasteiger partial charge in [-0.1, -0.05) is 50.2 Å². The van der Waals surface area contributed by atoms with Crippen molar-refractivity contribution in [1.29, 1.82) is 0 Å². The van der Waals surface area contributed by atoms with Crippen LogP contribution in [-0.2, 0) is 9.36 Å². The van der Waals surface area contributed by atoms with Gasteiger partial charge in [-0.2, -0.15) is 0 Å². The zero-order valence-corrected chi connectivity index (χ0v) is 20.6. The summed E-state index contributed by atoms with van der Waals surface area (Å²) < 4.78 is 23.2. The second kappa shape index (κ2) is 10.1. The van der Waals surface area contributed by atoms with Crippen LogP contribution in [0.15, 0.2) is 72.8 Å². The number of carbonyl (C=O) groups is 1. The maximum absolute atomic E-state index is 11.3. The Morgan fingerprint density at radius 2 is 1.69 bits per heavy atom. The van der Waals surface area contributed by atoms with Gasteiger partial charge in [-0.05, 0) is 59.0 Å². The lowest BCUT2D eigenvalue weighted by molar-refractivity contribution is -0.131. The Kier molecular flexibility index (Phi) is 7.10. The van der Waals surface area contributed by atoms with Gasteiger partial charge in [0, 0.05) is 16.2 Å². The third kappa shape index (κ3) is 5.99. The molecule has 4 aromatic rings. The largest absolute Gasteiger partial charge is 0.524 e. The van der Waals surface area contributed by atoms with Gasteiger partial charge in [0.2, 0.25) is 0 Å². The maximum atomic E-state index is 11.3. The molecule has 0 amide bonds. The Balaban J connectivity index is 1.82. The number of phosphoric ester groups is 1. The fraction of sp³-hybridized carbons (Fsp3) is 0.115. The van der Waals surface area contributed by atoms with Crippen LogP contribution in [0.1, 0.15) is 30.9 Å². The minimum atomic E-state index is -4.69. The number of ether oxygens (including phenoxy) is 1. The lowest BCUT2D eigenvalue weighted by Gasteiger charge is -2.14. The molecule has 35 heavy (non-hydrogen) atoms. The summed E-state index contributed by atoms with van der Waals surface area (Å²) >= 11 is 1.45. The van der Waals surface area contributed by atoms with Crippen molar-refractivity contribution in [3.05, 3.63) is 83.9 Å². The molecule has 0 saturated carbocycles. The summed E-state index contributed by atoms with van der Waals surface area (Å²) in [5, 5.41) is 9.60. The van der Waals surface area contributed by atoms with Crippen molar-refractivity contribution in [1.82, 2.24) is 0 Å². The van der Waals surface area contributed by atoms with Gasteiger partial charge in [0.05, 0.1) is 4.88 Å². The van der Waals surface area contributed by atoms with Gasteiger partial charge in [0.1, 0.15) is 11.5 Å². The first-order chi connectivity index (χ1) is 16.6. The lowest BCUT2D eigenvalue weighted by Crippen LogP contribution is -1.92. The SMILES string of the molecule is CC(C)c1ccccc1-c1sc2cc(OP(=O)(O)O)ccc2c1Oc1ccc(C=CC(=O)O)cc1. The molecule has 0 atom stereocenters.